The van der Waals surface area contributed by atoms with Crippen molar-refractivity contribution in [2.24, 2.45) is 0 Å². The minimum absolute atomic E-state index is 0.0817. The molecule has 0 aromatic carbocycles. The summed E-state index contributed by atoms with van der Waals surface area (Å²) in [5, 5.41) is 15.6. The van der Waals surface area contributed by atoms with Crippen LogP contribution in [0.15, 0.2) is 33.4 Å². The molecule has 2 N–H and O–H groups in total. The Bertz CT molecular complexity index is 668. The number of carbonyl (C=O) groups excluding carboxylic acids is 1. The molecule has 2 aromatic rings. The second kappa shape index (κ2) is 5.67. The van der Waals surface area contributed by atoms with Crippen molar-refractivity contribution in [2.75, 3.05) is 0 Å². The quantitative estimate of drug-likeness (QED) is 0.879. The molecular formula is C15H16N2O5. The van der Waals surface area contributed by atoms with Crippen molar-refractivity contribution < 1.29 is 23.6 Å². The van der Waals surface area contributed by atoms with Crippen LogP contribution < -0.4 is 5.32 Å². The SMILES string of the molecule is O=C(O)CC1(NC(=O)c2cc(-c3ccco3)on2)CCCC1. The van der Waals surface area contributed by atoms with Gasteiger partial charge in [-0.2, -0.15) is 0 Å². The Labute approximate surface area is 126 Å². The van der Waals surface area contributed by atoms with Gasteiger partial charge in [0.2, 0.25) is 5.76 Å². The van der Waals surface area contributed by atoms with E-state index in [9.17, 15) is 9.59 Å². The van der Waals surface area contributed by atoms with Crippen molar-refractivity contribution in [3.8, 4) is 11.5 Å². The molecule has 0 bridgehead atoms. The topological polar surface area (TPSA) is 106 Å². The summed E-state index contributed by atoms with van der Waals surface area (Å²) in [6, 6.07) is 4.89. The van der Waals surface area contributed by atoms with E-state index in [-0.39, 0.29) is 12.1 Å². The summed E-state index contributed by atoms with van der Waals surface area (Å²) in [5.74, 6) is -0.509. The van der Waals surface area contributed by atoms with Gasteiger partial charge >= 0.3 is 5.97 Å². The standard InChI is InChI=1S/C15H16N2O5/c18-13(19)9-15(5-1-2-6-15)16-14(20)10-8-12(22-17-10)11-4-3-7-21-11/h3-4,7-8H,1-2,5-6,9H2,(H,16,20)(H,18,19). The summed E-state index contributed by atoms with van der Waals surface area (Å²) < 4.78 is 10.3. The largest absolute Gasteiger partial charge is 0.481 e. The molecule has 0 saturated heterocycles. The summed E-state index contributed by atoms with van der Waals surface area (Å²) in [5.41, 5.74) is -0.574. The molecule has 2 aromatic heterocycles. The maximum Gasteiger partial charge on any atom is 0.305 e. The van der Waals surface area contributed by atoms with Crippen LogP contribution in [0.2, 0.25) is 0 Å². The molecule has 3 rings (SSSR count). The molecule has 116 valence electrons. The van der Waals surface area contributed by atoms with Gasteiger partial charge in [-0.1, -0.05) is 18.0 Å². The highest BCUT2D eigenvalue weighted by Crippen LogP contribution is 2.33. The zero-order valence-corrected chi connectivity index (χ0v) is 11.9. The Hall–Kier alpha value is -2.57. The predicted octanol–water partition coefficient (Wildman–Crippen LogP) is 2.45. The van der Waals surface area contributed by atoms with Crippen molar-refractivity contribution in [2.45, 2.75) is 37.6 Å². The average Bonchev–Trinajstić information content (AvgIpc) is 3.19. The number of nitrogens with zero attached hydrogens (tertiary/aromatic N) is 1. The van der Waals surface area contributed by atoms with E-state index in [1.807, 2.05) is 0 Å². The lowest BCUT2D eigenvalue weighted by molar-refractivity contribution is -0.138. The fraction of sp³-hybridized carbons (Fsp3) is 0.400. The van der Waals surface area contributed by atoms with Crippen LogP contribution in [0.1, 0.15) is 42.6 Å². The third kappa shape index (κ3) is 2.88. The van der Waals surface area contributed by atoms with E-state index < -0.39 is 17.4 Å². The molecule has 1 aliphatic carbocycles. The van der Waals surface area contributed by atoms with Crippen molar-refractivity contribution in [3.63, 3.8) is 0 Å². The first-order valence-corrected chi connectivity index (χ1v) is 7.13. The lowest BCUT2D eigenvalue weighted by Gasteiger charge is -2.28. The van der Waals surface area contributed by atoms with Gasteiger partial charge in [0.15, 0.2) is 11.5 Å². The number of nitrogens with one attached hydrogen (secondary N) is 1. The lowest BCUT2D eigenvalue weighted by atomic mass is 9.93. The van der Waals surface area contributed by atoms with Crippen LogP contribution in [-0.2, 0) is 4.79 Å². The Kier molecular flexibility index (Phi) is 3.70. The Balaban J connectivity index is 1.75. The highest BCUT2D eigenvalue weighted by Gasteiger charge is 2.38. The van der Waals surface area contributed by atoms with Crippen molar-refractivity contribution in [1.29, 1.82) is 0 Å². The molecule has 0 atom stereocenters. The summed E-state index contributed by atoms with van der Waals surface area (Å²) in [7, 11) is 0. The first-order valence-electron chi connectivity index (χ1n) is 7.13. The van der Waals surface area contributed by atoms with Crippen LogP contribution in [0.3, 0.4) is 0 Å². The number of amides is 1. The van der Waals surface area contributed by atoms with Gasteiger partial charge in [-0.3, -0.25) is 9.59 Å². The van der Waals surface area contributed by atoms with Gasteiger partial charge < -0.3 is 19.4 Å². The first-order chi connectivity index (χ1) is 10.6. The Morgan fingerprint density at radius 1 is 1.32 bits per heavy atom. The zero-order valence-electron chi connectivity index (χ0n) is 11.9. The number of carboxylic acid groups (broad SMARTS) is 1. The van der Waals surface area contributed by atoms with Gasteiger partial charge in [-0.25, -0.2) is 0 Å². The monoisotopic (exact) mass is 304 g/mol. The van der Waals surface area contributed by atoms with Gasteiger partial charge in [-0.05, 0) is 25.0 Å². The van der Waals surface area contributed by atoms with Crippen molar-refractivity contribution in [3.05, 3.63) is 30.2 Å². The van der Waals surface area contributed by atoms with Crippen LogP contribution in [0.25, 0.3) is 11.5 Å². The molecule has 1 saturated carbocycles. The van der Waals surface area contributed by atoms with Crippen LogP contribution in [0.4, 0.5) is 0 Å². The lowest BCUT2D eigenvalue weighted by Crippen LogP contribution is -2.47. The third-order valence-electron chi connectivity index (χ3n) is 3.94. The number of hydrogen-bond donors (Lipinski definition) is 2. The summed E-state index contributed by atoms with van der Waals surface area (Å²) in [6.07, 6.45) is 4.55. The number of carbonyl (C=O) groups is 2. The zero-order chi connectivity index (χ0) is 15.6. The van der Waals surface area contributed by atoms with E-state index in [4.69, 9.17) is 14.0 Å². The van der Waals surface area contributed by atoms with Crippen LogP contribution >= 0.6 is 0 Å². The second-order valence-electron chi connectivity index (χ2n) is 5.57. The van der Waals surface area contributed by atoms with Gasteiger partial charge in [-0.15, -0.1) is 0 Å². The molecule has 0 radical (unpaired) electrons. The smallest absolute Gasteiger partial charge is 0.305 e. The number of aliphatic carboxylic acids is 1. The van der Waals surface area contributed by atoms with Crippen molar-refractivity contribution >= 4 is 11.9 Å². The molecule has 2 heterocycles. The van der Waals surface area contributed by atoms with Gasteiger partial charge in [0.1, 0.15) is 0 Å². The summed E-state index contributed by atoms with van der Waals surface area (Å²) in [4.78, 5) is 23.4. The molecule has 0 unspecified atom stereocenters. The average molecular weight is 304 g/mol. The minimum atomic E-state index is -0.918. The van der Waals surface area contributed by atoms with Gasteiger partial charge in [0.25, 0.3) is 5.91 Å². The van der Waals surface area contributed by atoms with Crippen LogP contribution in [0.5, 0.6) is 0 Å². The van der Waals surface area contributed by atoms with E-state index >= 15 is 0 Å². The normalized spacial score (nSPS) is 16.5. The number of aromatic nitrogens is 1. The minimum Gasteiger partial charge on any atom is -0.481 e. The van der Waals surface area contributed by atoms with E-state index in [0.717, 1.165) is 12.8 Å². The predicted molar refractivity (Wildman–Crippen MR) is 75.1 cm³/mol. The molecule has 0 spiro atoms. The first kappa shape index (κ1) is 14.4. The number of furan rings is 1. The number of carboxylic acids is 1. The fourth-order valence-corrected chi connectivity index (χ4v) is 2.91. The molecule has 1 aliphatic rings. The summed E-state index contributed by atoms with van der Waals surface area (Å²) in [6.45, 7) is 0. The second-order valence-corrected chi connectivity index (χ2v) is 5.57. The highest BCUT2D eigenvalue weighted by molar-refractivity contribution is 5.93. The van der Waals surface area contributed by atoms with Crippen molar-refractivity contribution in [1.82, 2.24) is 10.5 Å². The Morgan fingerprint density at radius 2 is 2.09 bits per heavy atom. The van der Waals surface area contributed by atoms with Crippen LogP contribution in [-0.4, -0.2) is 27.7 Å². The summed E-state index contributed by atoms with van der Waals surface area (Å²) >= 11 is 0. The third-order valence-corrected chi connectivity index (χ3v) is 3.94. The molecule has 7 nitrogen and oxygen atoms in total. The molecule has 0 aliphatic heterocycles. The Morgan fingerprint density at radius 3 is 2.73 bits per heavy atom. The fourth-order valence-electron chi connectivity index (χ4n) is 2.91. The van der Waals surface area contributed by atoms with E-state index in [1.165, 1.54) is 12.3 Å². The van der Waals surface area contributed by atoms with E-state index in [2.05, 4.69) is 10.5 Å². The molecule has 1 amide bonds. The molecule has 7 heteroatoms. The van der Waals surface area contributed by atoms with Gasteiger partial charge in [0.05, 0.1) is 18.2 Å². The van der Waals surface area contributed by atoms with E-state index in [0.29, 0.717) is 24.4 Å². The van der Waals surface area contributed by atoms with E-state index in [1.54, 1.807) is 12.1 Å². The molecule has 1 fully saturated rings. The number of hydrogen-bond acceptors (Lipinski definition) is 5. The highest BCUT2D eigenvalue weighted by atomic mass is 16.5. The van der Waals surface area contributed by atoms with Gasteiger partial charge in [0, 0.05) is 6.07 Å². The molecular weight excluding hydrogens is 288 g/mol. The molecule has 22 heavy (non-hydrogen) atoms. The maximum atomic E-state index is 12.3. The number of rotatable bonds is 5. The van der Waals surface area contributed by atoms with Crippen LogP contribution in [0, 0.1) is 0 Å². The maximum absolute atomic E-state index is 12.3.